The fraction of sp³-hybridized carbons (Fsp3) is 0.316. The number of carbonyl (C=O) groups is 1. The highest BCUT2D eigenvalue weighted by Crippen LogP contribution is 2.22. The molecule has 0 aromatic heterocycles. The van der Waals surface area contributed by atoms with E-state index in [4.69, 9.17) is 16.3 Å². The van der Waals surface area contributed by atoms with Gasteiger partial charge >= 0.3 is 0 Å². The Bertz CT molecular complexity index is 699. The molecule has 1 aliphatic heterocycles. The maximum absolute atomic E-state index is 12.3. The van der Waals surface area contributed by atoms with E-state index in [9.17, 15) is 4.79 Å². The molecule has 1 atom stereocenters. The third-order valence-electron chi connectivity index (χ3n) is 4.35. The highest BCUT2D eigenvalue weighted by molar-refractivity contribution is 6.30. The van der Waals surface area contributed by atoms with Crippen LogP contribution in [0.2, 0.25) is 5.02 Å². The minimum Gasteiger partial charge on any atom is -0.489 e. The quantitative estimate of drug-likeness (QED) is 0.839. The van der Waals surface area contributed by atoms with Gasteiger partial charge < -0.3 is 15.4 Å². The van der Waals surface area contributed by atoms with Crippen molar-refractivity contribution in [2.24, 2.45) is 11.8 Å². The lowest BCUT2D eigenvalue weighted by atomic mass is 9.88. The third kappa shape index (κ3) is 4.28. The Morgan fingerprint density at radius 1 is 1.29 bits per heavy atom. The highest BCUT2D eigenvalue weighted by atomic mass is 35.5. The second-order valence-electron chi connectivity index (χ2n) is 6.14. The first kappa shape index (κ1) is 16.8. The number of amides is 1. The van der Waals surface area contributed by atoms with Crippen LogP contribution in [0, 0.1) is 11.8 Å². The fourth-order valence-electron chi connectivity index (χ4n) is 2.55. The van der Waals surface area contributed by atoms with Crippen molar-refractivity contribution in [1.29, 1.82) is 0 Å². The zero-order chi connectivity index (χ0) is 16.9. The van der Waals surface area contributed by atoms with Crippen LogP contribution in [-0.2, 0) is 11.4 Å². The molecule has 0 radical (unpaired) electrons. The lowest BCUT2D eigenvalue weighted by molar-refractivity contribution is -0.121. The normalized spacial score (nSPS) is 15.4. The summed E-state index contributed by atoms with van der Waals surface area (Å²) < 4.78 is 5.79. The minimum atomic E-state index is 0.00453. The van der Waals surface area contributed by atoms with Gasteiger partial charge in [-0.3, -0.25) is 4.79 Å². The number of anilines is 1. The zero-order valence-electron chi connectivity index (χ0n) is 13.6. The van der Waals surface area contributed by atoms with Gasteiger partial charge in [0.15, 0.2) is 0 Å². The number of carbonyl (C=O) groups excluding carboxylic acids is 1. The molecule has 3 rings (SSSR count). The van der Waals surface area contributed by atoms with Gasteiger partial charge in [-0.2, -0.15) is 0 Å². The Morgan fingerprint density at radius 3 is 2.71 bits per heavy atom. The largest absolute Gasteiger partial charge is 0.489 e. The van der Waals surface area contributed by atoms with Crippen LogP contribution in [0.25, 0.3) is 0 Å². The van der Waals surface area contributed by atoms with Crippen molar-refractivity contribution in [3.63, 3.8) is 0 Å². The van der Waals surface area contributed by atoms with Crippen LogP contribution in [0.15, 0.2) is 48.5 Å². The van der Waals surface area contributed by atoms with Crippen molar-refractivity contribution in [3.8, 4) is 5.75 Å². The molecule has 0 saturated carbocycles. The Balaban J connectivity index is 1.57. The van der Waals surface area contributed by atoms with Gasteiger partial charge in [0.1, 0.15) is 12.4 Å². The van der Waals surface area contributed by atoms with Gasteiger partial charge in [-0.05, 0) is 48.8 Å². The summed E-state index contributed by atoms with van der Waals surface area (Å²) in [7, 11) is 0. The monoisotopic (exact) mass is 344 g/mol. The second-order valence-corrected chi connectivity index (χ2v) is 6.58. The van der Waals surface area contributed by atoms with Gasteiger partial charge in [0.25, 0.3) is 0 Å². The van der Waals surface area contributed by atoms with Crippen LogP contribution in [-0.4, -0.2) is 19.0 Å². The van der Waals surface area contributed by atoms with Crippen LogP contribution in [0.3, 0.4) is 0 Å². The number of halogens is 1. The SMILES string of the molecule is CC(C(=O)Nc1cccc(OCc2ccc(Cl)cc2)c1)C1CNC1. The number of benzene rings is 2. The molecule has 5 heteroatoms. The topological polar surface area (TPSA) is 50.4 Å². The first-order valence-corrected chi connectivity index (χ1v) is 8.48. The molecule has 126 valence electrons. The molecule has 0 bridgehead atoms. The summed E-state index contributed by atoms with van der Waals surface area (Å²) in [5.41, 5.74) is 1.80. The minimum absolute atomic E-state index is 0.00453. The fourth-order valence-corrected chi connectivity index (χ4v) is 2.67. The molecule has 4 nitrogen and oxygen atoms in total. The summed E-state index contributed by atoms with van der Waals surface area (Å²) in [5.74, 6) is 1.20. The highest BCUT2D eigenvalue weighted by Gasteiger charge is 2.28. The summed E-state index contributed by atoms with van der Waals surface area (Å²) in [6.07, 6.45) is 0. The number of ether oxygens (including phenoxy) is 1. The molecular weight excluding hydrogens is 324 g/mol. The number of nitrogens with one attached hydrogen (secondary N) is 2. The van der Waals surface area contributed by atoms with Gasteiger partial charge in [-0.15, -0.1) is 0 Å². The van der Waals surface area contributed by atoms with Crippen LogP contribution in [0.5, 0.6) is 5.75 Å². The average molecular weight is 345 g/mol. The molecule has 2 aromatic carbocycles. The van der Waals surface area contributed by atoms with Crippen LogP contribution < -0.4 is 15.4 Å². The first-order chi connectivity index (χ1) is 11.6. The predicted molar refractivity (Wildman–Crippen MR) is 96.4 cm³/mol. The molecule has 2 aromatic rings. The summed E-state index contributed by atoms with van der Waals surface area (Å²) in [6.45, 7) is 4.26. The standard InChI is InChI=1S/C19H21ClN2O2/c1-13(15-10-21-11-15)19(23)22-17-3-2-4-18(9-17)24-12-14-5-7-16(20)8-6-14/h2-9,13,15,21H,10-12H2,1H3,(H,22,23). The lowest BCUT2D eigenvalue weighted by Crippen LogP contribution is -2.48. The molecule has 1 fully saturated rings. The van der Waals surface area contributed by atoms with Crippen LogP contribution >= 0.6 is 11.6 Å². The predicted octanol–water partition coefficient (Wildman–Crippen LogP) is 3.71. The van der Waals surface area contributed by atoms with E-state index in [2.05, 4.69) is 10.6 Å². The molecular formula is C19H21ClN2O2. The Labute approximate surface area is 147 Å². The molecule has 1 amide bonds. The molecule has 0 aliphatic carbocycles. The van der Waals surface area contributed by atoms with E-state index in [1.54, 1.807) is 0 Å². The van der Waals surface area contributed by atoms with Gasteiger partial charge in [0, 0.05) is 22.7 Å². The summed E-state index contributed by atoms with van der Waals surface area (Å²) in [6, 6.07) is 15.0. The molecule has 2 N–H and O–H groups in total. The average Bonchev–Trinajstić information content (AvgIpc) is 2.53. The Morgan fingerprint density at radius 2 is 2.04 bits per heavy atom. The van der Waals surface area contributed by atoms with E-state index in [0.717, 1.165) is 30.1 Å². The smallest absolute Gasteiger partial charge is 0.227 e. The zero-order valence-corrected chi connectivity index (χ0v) is 14.3. The van der Waals surface area contributed by atoms with E-state index in [0.29, 0.717) is 17.5 Å². The van der Waals surface area contributed by atoms with Gasteiger partial charge in [0.05, 0.1) is 0 Å². The molecule has 1 saturated heterocycles. The Kier molecular flexibility index (Phi) is 5.38. The maximum Gasteiger partial charge on any atom is 0.227 e. The van der Waals surface area contributed by atoms with E-state index < -0.39 is 0 Å². The number of rotatable bonds is 6. The molecule has 0 spiro atoms. The van der Waals surface area contributed by atoms with Gasteiger partial charge in [-0.25, -0.2) is 0 Å². The van der Waals surface area contributed by atoms with Crippen LogP contribution in [0.4, 0.5) is 5.69 Å². The molecule has 1 aliphatic rings. The second kappa shape index (κ2) is 7.69. The first-order valence-electron chi connectivity index (χ1n) is 8.11. The van der Waals surface area contributed by atoms with Crippen molar-refractivity contribution < 1.29 is 9.53 Å². The van der Waals surface area contributed by atoms with Crippen molar-refractivity contribution in [2.45, 2.75) is 13.5 Å². The van der Waals surface area contributed by atoms with Crippen molar-refractivity contribution in [1.82, 2.24) is 5.32 Å². The number of hydrogen-bond donors (Lipinski definition) is 2. The van der Waals surface area contributed by atoms with Crippen LogP contribution in [0.1, 0.15) is 12.5 Å². The third-order valence-corrected chi connectivity index (χ3v) is 4.61. The van der Waals surface area contributed by atoms with E-state index in [1.165, 1.54) is 0 Å². The summed E-state index contributed by atoms with van der Waals surface area (Å²) in [5, 5.41) is 6.88. The maximum atomic E-state index is 12.3. The van der Waals surface area contributed by atoms with E-state index in [1.807, 2.05) is 55.5 Å². The molecule has 1 unspecified atom stereocenters. The van der Waals surface area contributed by atoms with Crippen molar-refractivity contribution in [3.05, 3.63) is 59.1 Å². The molecule has 1 heterocycles. The van der Waals surface area contributed by atoms with E-state index in [-0.39, 0.29) is 11.8 Å². The number of hydrogen-bond acceptors (Lipinski definition) is 3. The van der Waals surface area contributed by atoms with Crippen molar-refractivity contribution in [2.75, 3.05) is 18.4 Å². The van der Waals surface area contributed by atoms with E-state index >= 15 is 0 Å². The van der Waals surface area contributed by atoms with Crippen molar-refractivity contribution >= 4 is 23.2 Å². The lowest BCUT2D eigenvalue weighted by Gasteiger charge is -2.31. The Hall–Kier alpha value is -2.04. The van der Waals surface area contributed by atoms with Gasteiger partial charge in [0.2, 0.25) is 5.91 Å². The summed E-state index contributed by atoms with van der Waals surface area (Å²) in [4.78, 5) is 12.3. The van der Waals surface area contributed by atoms with Gasteiger partial charge in [-0.1, -0.05) is 36.7 Å². The summed E-state index contributed by atoms with van der Waals surface area (Å²) >= 11 is 5.88. The molecule has 24 heavy (non-hydrogen) atoms.